The summed E-state index contributed by atoms with van der Waals surface area (Å²) in [6.45, 7) is 5.17. The first-order chi connectivity index (χ1) is 6.37. The molecule has 2 amide bonds. The van der Waals surface area contributed by atoms with Gasteiger partial charge in [-0.15, -0.1) is 0 Å². The first kappa shape index (κ1) is 9.37. The molecule has 0 spiro atoms. The molecule has 2 rings (SSSR count). The fourth-order valence-corrected chi connectivity index (χ4v) is 2.38. The zero-order valence-corrected chi connectivity index (χ0v) is 8.53. The van der Waals surface area contributed by atoms with Crippen LogP contribution in [0.5, 0.6) is 0 Å². The van der Waals surface area contributed by atoms with E-state index in [0.29, 0.717) is 0 Å². The highest BCUT2D eigenvalue weighted by molar-refractivity contribution is 6.11. The molecule has 1 aliphatic carbocycles. The Labute approximate surface area is 82.3 Å². The standard InChI is InChI=1S/C10H13NO3/c1-5(12)4-11-8(13)6-7(9(11)14)10(6,2)3/h6-7H,4H2,1-3H3. The molecule has 0 aromatic heterocycles. The van der Waals surface area contributed by atoms with Gasteiger partial charge in [-0.1, -0.05) is 13.8 Å². The zero-order chi connectivity index (χ0) is 10.7. The van der Waals surface area contributed by atoms with Gasteiger partial charge in [-0.3, -0.25) is 19.3 Å². The summed E-state index contributed by atoms with van der Waals surface area (Å²) in [6.07, 6.45) is 0. The van der Waals surface area contributed by atoms with Crippen LogP contribution in [0, 0.1) is 17.3 Å². The Morgan fingerprint density at radius 2 is 1.71 bits per heavy atom. The van der Waals surface area contributed by atoms with Crippen molar-refractivity contribution in [2.24, 2.45) is 17.3 Å². The summed E-state index contributed by atoms with van der Waals surface area (Å²) in [4.78, 5) is 35.3. The molecule has 2 atom stereocenters. The second-order valence-corrected chi connectivity index (χ2v) is 4.74. The molecule has 2 unspecified atom stereocenters. The summed E-state index contributed by atoms with van der Waals surface area (Å²) >= 11 is 0. The molecule has 14 heavy (non-hydrogen) atoms. The Bertz CT molecular complexity index is 321. The largest absolute Gasteiger partial charge is 0.298 e. The van der Waals surface area contributed by atoms with Crippen molar-refractivity contribution in [2.75, 3.05) is 6.54 Å². The van der Waals surface area contributed by atoms with E-state index in [-0.39, 0.29) is 41.4 Å². The van der Waals surface area contributed by atoms with Crippen LogP contribution in [0.25, 0.3) is 0 Å². The number of carbonyl (C=O) groups excluding carboxylic acids is 3. The second-order valence-electron chi connectivity index (χ2n) is 4.74. The second kappa shape index (κ2) is 2.43. The minimum absolute atomic E-state index is 0.0548. The van der Waals surface area contributed by atoms with Gasteiger partial charge in [-0.05, 0) is 12.3 Å². The third-order valence-corrected chi connectivity index (χ3v) is 3.27. The highest BCUT2D eigenvalue weighted by Crippen LogP contribution is 2.63. The van der Waals surface area contributed by atoms with Crippen LogP contribution in [-0.2, 0) is 14.4 Å². The van der Waals surface area contributed by atoms with Gasteiger partial charge in [0.05, 0.1) is 18.4 Å². The quantitative estimate of drug-likeness (QED) is 0.592. The lowest BCUT2D eigenvalue weighted by Crippen LogP contribution is -2.39. The summed E-state index contributed by atoms with van der Waals surface area (Å²) in [5, 5.41) is 0. The molecule has 1 saturated carbocycles. The molecular formula is C10H13NO3. The van der Waals surface area contributed by atoms with E-state index in [4.69, 9.17) is 0 Å². The highest BCUT2D eigenvalue weighted by atomic mass is 16.2. The summed E-state index contributed by atoms with van der Waals surface area (Å²) in [7, 11) is 0. The minimum Gasteiger partial charge on any atom is -0.298 e. The lowest BCUT2D eigenvalue weighted by molar-refractivity contribution is -0.145. The maximum absolute atomic E-state index is 11.7. The Kier molecular flexibility index (Phi) is 1.63. The van der Waals surface area contributed by atoms with Gasteiger partial charge < -0.3 is 0 Å². The van der Waals surface area contributed by atoms with Crippen LogP contribution in [0.2, 0.25) is 0 Å². The van der Waals surface area contributed by atoms with E-state index in [2.05, 4.69) is 0 Å². The number of imide groups is 1. The Balaban J connectivity index is 2.18. The van der Waals surface area contributed by atoms with Crippen molar-refractivity contribution in [2.45, 2.75) is 20.8 Å². The number of likely N-dealkylation sites (tertiary alicyclic amines) is 1. The summed E-state index contributed by atoms with van der Waals surface area (Å²) in [6, 6.07) is 0. The lowest BCUT2D eigenvalue weighted by Gasteiger charge is -2.18. The van der Waals surface area contributed by atoms with Crippen molar-refractivity contribution in [3.63, 3.8) is 0 Å². The van der Waals surface area contributed by atoms with Crippen LogP contribution in [0.1, 0.15) is 20.8 Å². The van der Waals surface area contributed by atoms with Crippen molar-refractivity contribution in [1.29, 1.82) is 0 Å². The topological polar surface area (TPSA) is 54.5 Å². The number of ketones is 1. The van der Waals surface area contributed by atoms with Gasteiger partial charge >= 0.3 is 0 Å². The average Bonchev–Trinajstić information content (AvgIpc) is 2.51. The molecule has 0 aromatic rings. The summed E-state index contributed by atoms with van der Waals surface area (Å²) in [5.41, 5.74) is -0.179. The fourth-order valence-electron chi connectivity index (χ4n) is 2.38. The van der Waals surface area contributed by atoms with Crippen LogP contribution in [0.3, 0.4) is 0 Å². The Morgan fingerprint density at radius 3 is 2.07 bits per heavy atom. The van der Waals surface area contributed by atoms with Crippen LogP contribution >= 0.6 is 0 Å². The Hall–Kier alpha value is -1.19. The molecule has 2 aliphatic rings. The minimum atomic E-state index is -0.179. The number of hydrogen-bond acceptors (Lipinski definition) is 3. The maximum Gasteiger partial charge on any atom is 0.234 e. The summed E-state index contributed by atoms with van der Waals surface area (Å²) in [5.74, 6) is -0.824. The molecule has 0 bridgehead atoms. The van der Waals surface area contributed by atoms with Crippen LogP contribution < -0.4 is 0 Å². The number of Topliss-reactive ketones (excluding diaryl/α,β-unsaturated/α-hetero) is 1. The van der Waals surface area contributed by atoms with E-state index in [1.807, 2.05) is 13.8 Å². The van der Waals surface area contributed by atoms with Gasteiger partial charge in [-0.25, -0.2) is 0 Å². The molecule has 1 heterocycles. The predicted molar refractivity (Wildman–Crippen MR) is 48.2 cm³/mol. The van der Waals surface area contributed by atoms with E-state index in [1.165, 1.54) is 6.92 Å². The van der Waals surface area contributed by atoms with Crippen molar-refractivity contribution in [1.82, 2.24) is 4.90 Å². The number of hydrogen-bond donors (Lipinski definition) is 0. The molecule has 76 valence electrons. The third kappa shape index (κ3) is 0.966. The van der Waals surface area contributed by atoms with E-state index in [1.54, 1.807) is 0 Å². The van der Waals surface area contributed by atoms with Crippen molar-refractivity contribution < 1.29 is 14.4 Å². The van der Waals surface area contributed by atoms with E-state index in [9.17, 15) is 14.4 Å². The predicted octanol–water partition coefficient (Wildman–Crippen LogP) is 0.216. The molecule has 0 aromatic carbocycles. The van der Waals surface area contributed by atoms with Crippen molar-refractivity contribution >= 4 is 17.6 Å². The number of piperidine rings is 1. The monoisotopic (exact) mass is 195 g/mol. The molecule has 0 radical (unpaired) electrons. The number of carbonyl (C=O) groups is 3. The van der Waals surface area contributed by atoms with Crippen molar-refractivity contribution in [3.05, 3.63) is 0 Å². The van der Waals surface area contributed by atoms with Crippen LogP contribution in [-0.4, -0.2) is 29.0 Å². The van der Waals surface area contributed by atoms with Gasteiger partial charge in [0.1, 0.15) is 5.78 Å². The SMILES string of the molecule is CC(=O)CN1C(=O)C2C(C1=O)C2(C)C. The highest BCUT2D eigenvalue weighted by Gasteiger charge is 2.72. The van der Waals surface area contributed by atoms with Gasteiger partial charge in [-0.2, -0.15) is 0 Å². The molecule has 1 aliphatic heterocycles. The fraction of sp³-hybridized carbons (Fsp3) is 0.700. The smallest absolute Gasteiger partial charge is 0.234 e. The molecule has 0 N–H and O–H groups in total. The number of nitrogens with zero attached hydrogens (tertiary/aromatic N) is 1. The summed E-state index contributed by atoms with van der Waals surface area (Å²) < 4.78 is 0. The number of fused-ring (bicyclic) bond motifs is 1. The van der Waals surface area contributed by atoms with E-state index >= 15 is 0 Å². The zero-order valence-electron chi connectivity index (χ0n) is 8.53. The van der Waals surface area contributed by atoms with Crippen LogP contribution in [0.4, 0.5) is 0 Å². The van der Waals surface area contributed by atoms with Gasteiger partial charge in [0.2, 0.25) is 11.8 Å². The first-order valence-electron chi connectivity index (χ1n) is 4.72. The number of amides is 2. The van der Waals surface area contributed by atoms with E-state index < -0.39 is 0 Å². The normalized spacial score (nSPS) is 33.2. The van der Waals surface area contributed by atoms with Crippen LogP contribution in [0.15, 0.2) is 0 Å². The maximum atomic E-state index is 11.7. The molecule has 2 fully saturated rings. The lowest BCUT2D eigenvalue weighted by atomic mass is 10.1. The molecule has 4 nitrogen and oxygen atoms in total. The van der Waals surface area contributed by atoms with E-state index in [0.717, 1.165) is 4.90 Å². The van der Waals surface area contributed by atoms with Gasteiger partial charge in [0.25, 0.3) is 0 Å². The third-order valence-electron chi connectivity index (χ3n) is 3.27. The van der Waals surface area contributed by atoms with Gasteiger partial charge in [0.15, 0.2) is 0 Å². The molecule has 1 saturated heterocycles. The molecular weight excluding hydrogens is 182 g/mol. The van der Waals surface area contributed by atoms with Gasteiger partial charge in [0, 0.05) is 0 Å². The average molecular weight is 195 g/mol. The Morgan fingerprint density at radius 1 is 1.29 bits per heavy atom. The first-order valence-corrected chi connectivity index (χ1v) is 4.72. The molecule has 4 heteroatoms. The number of rotatable bonds is 2. The van der Waals surface area contributed by atoms with Crippen molar-refractivity contribution in [3.8, 4) is 0 Å².